The molecule has 6 rings (SSSR count). The molecular formula is C28H28F6N4S. The Morgan fingerprint density at radius 3 is 2.36 bits per heavy atom. The Kier molecular flexibility index (Phi) is 7.49. The van der Waals surface area contributed by atoms with E-state index in [2.05, 4.69) is 27.4 Å². The lowest BCUT2D eigenvalue weighted by molar-refractivity contribution is -0.143. The Morgan fingerprint density at radius 2 is 1.74 bits per heavy atom. The fraction of sp³-hybridized carbons (Fsp3) is 0.429. The van der Waals surface area contributed by atoms with Gasteiger partial charge in [-0.05, 0) is 79.3 Å². The van der Waals surface area contributed by atoms with Crippen molar-refractivity contribution in [2.75, 3.05) is 18.4 Å². The number of alkyl halides is 6. The molecule has 3 aliphatic rings. The first-order chi connectivity index (χ1) is 18.4. The lowest BCUT2D eigenvalue weighted by Gasteiger charge is -2.52. The maximum absolute atomic E-state index is 13.4. The van der Waals surface area contributed by atoms with E-state index in [9.17, 15) is 26.3 Å². The summed E-state index contributed by atoms with van der Waals surface area (Å²) >= 11 is 5.49. The van der Waals surface area contributed by atoms with Gasteiger partial charge in [0.1, 0.15) is 0 Å². The molecule has 2 aromatic carbocycles. The molecule has 39 heavy (non-hydrogen) atoms. The minimum absolute atomic E-state index is 0.0457. The van der Waals surface area contributed by atoms with Crippen molar-refractivity contribution < 1.29 is 26.3 Å². The van der Waals surface area contributed by atoms with Crippen molar-refractivity contribution in [3.8, 4) is 0 Å². The van der Waals surface area contributed by atoms with Crippen LogP contribution in [0.3, 0.4) is 0 Å². The smallest absolute Gasteiger partial charge is 0.354 e. The predicted molar refractivity (Wildman–Crippen MR) is 142 cm³/mol. The van der Waals surface area contributed by atoms with Gasteiger partial charge in [0, 0.05) is 29.9 Å². The van der Waals surface area contributed by atoms with Gasteiger partial charge in [-0.25, -0.2) is 0 Å². The van der Waals surface area contributed by atoms with Gasteiger partial charge in [0.25, 0.3) is 0 Å². The van der Waals surface area contributed by atoms with Gasteiger partial charge in [-0.1, -0.05) is 31.5 Å². The molecule has 3 aliphatic heterocycles. The molecule has 0 spiro atoms. The van der Waals surface area contributed by atoms with Gasteiger partial charge in [0.15, 0.2) is 5.11 Å². The van der Waals surface area contributed by atoms with E-state index in [1.807, 2.05) is 30.3 Å². The zero-order chi connectivity index (χ0) is 27.9. The van der Waals surface area contributed by atoms with E-state index in [4.69, 9.17) is 12.2 Å². The Bertz CT molecular complexity index is 1320. The van der Waals surface area contributed by atoms with Crippen molar-refractivity contribution in [2.24, 2.45) is 11.8 Å². The Labute approximate surface area is 227 Å². The summed E-state index contributed by atoms with van der Waals surface area (Å²) < 4.78 is 80.3. The normalized spacial score (nSPS) is 24.0. The molecule has 2 bridgehead atoms. The quantitative estimate of drug-likeness (QED) is 0.249. The molecule has 11 heteroatoms. The van der Waals surface area contributed by atoms with E-state index in [-0.39, 0.29) is 28.9 Å². The molecule has 0 saturated carbocycles. The van der Waals surface area contributed by atoms with Crippen LogP contribution in [0.25, 0.3) is 10.9 Å². The van der Waals surface area contributed by atoms with Gasteiger partial charge in [-0.3, -0.25) is 9.88 Å². The highest BCUT2D eigenvalue weighted by Crippen LogP contribution is 2.43. The molecule has 2 N–H and O–H groups in total. The molecule has 4 heterocycles. The third-order valence-corrected chi connectivity index (χ3v) is 8.22. The molecule has 5 atom stereocenters. The maximum atomic E-state index is 13.4. The largest absolute Gasteiger partial charge is 0.416 e. The summed E-state index contributed by atoms with van der Waals surface area (Å²) in [5.41, 5.74) is -1.48. The van der Waals surface area contributed by atoms with Crippen LogP contribution >= 0.6 is 12.2 Å². The minimum Gasteiger partial charge on any atom is -0.354 e. The lowest BCUT2D eigenvalue weighted by atomic mass is 9.72. The number of hydrogen-bond donors (Lipinski definition) is 2. The molecule has 3 fully saturated rings. The highest BCUT2D eigenvalue weighted by atomic mass is 32.1. The summed E-state index contributed by atoms with van der Waals surface area (Å²) in [6.45, 7) is 4.06. The van der Waals surface area contributed by atoms with Crippen LogP contribution in [0.4, 0.5) is 32.0 Å². The van der Waals surface area contributed by atoms with Gasteiger partial charge in [-0.15, -0.1) is 0 Å². The predicted octanol–water partition coefficient (Wildman–Crippen LogP) is 7.42. The minimum atomic E-state index is -4.95. The number of aromatic nitrogens is 1. The van der Waals surface area contributed by atoms with Crippen LogP contribution in [0, 0.1) is 11.8 Å². The Hall–Kier alpha value is -2.92. The number of para-hydroxylation sites is 1. The third kappa shape index (κ3) is 5.84. The molecule has 4 nitrogen and oxygen atoms in total. The molecule has 208 valence electrons. The van der Waals surface area contributed by atoms with Crippen molar-refractivity contribution in [1.29, 1.82) is 0 Å². The first kappa shape index (κ1) is 27.6. The van der Waals surface area contributed by atoms with Crippen molar-refractivity contribution in [2.45, 2.75) is 50.6 Å². The van der Waals surface area contributed by atoms with Crippen LogP contribution in [0.15, 0.2) is 54.7 Å². The van der Waals surface area contributed by atoms with Crippen molar-refractivity contribution >= 4 is 33.9 Å². The third-order valence-electron chi connectivity index (χ3n) is 8.00. The first-order valence-corrected chi connectivity index (χ1v) is 13.3. The summed E-state index contributed by atoms with van der Waals surface area (Å²) in [6.07, 6.45) is -5.09. The average Bonchev–Trinajstić information content (AvgIpc) is 2.90. The second-order valence-electron chi connectivity index (χ2n) is 10.3. The van der Waals surface area contributed by atoms with Gasteiger partial charge >= 0.3 is 12.4 Å². The monoisotopic (exact) mass is 566 g/mol. The van der Waals surface area contributed by atoms with Gasteiger partial charge in [-0.2, -0.15) is 26.3 Å². The summed E-state index contributed by atoms with van der Waals surface area (Å²) in [5.74, 6) is 1.14. The maximum Gasteiger partial charge on any atom is 0.416 e. The van der Waals surface area contributed by atoms with Crippen LogP contribution in [-0.4, -0.2) is 34.1 Å². The summed E-state index contributed by atoms with van der Waals surface area (Å²) in [6, 6.07) is 10.6. The van der Waals surface area contributed by atoms with Crippen molar-refractivity contribution in [3.63, 3.8) is 0 Å². The van der Waals surface area contributed by atoms with Crippen molar-refractivity contribution in [1.82, 2.24) is 15.2 Å². The number of piperidine rings is 3. The van der Waals surface area contributed by atoms with E-state index in [0.717, 1.165) is 48.8 Å². The van der Waals surface area contributed by atoms with E-state index >= 15 is 0 Å². The van der Waals surface area contributed by atoms with Crippen LogP contribution in [-0.2, 0) is 12.4 Å². The van der Waals surface area contributed by atoms with Gasteiger partial charge in [0.2, 0.25) is 0 Å². The molecule has 0 amide bonds. The molecular weight excluding hydrogens is 538 g/mol. The summed E-state index contributed by atoms with van der Waals surface area (Å²) in [4.78, 5) is 6.88. The lowest BCUT2D eigenvalue weighted by Crippen LogP contribution is -2.58. The van der Waals surface area contributed by atoms with E-state index in [0.29, 0.717) is 24.0 Å². The topological polar surface area (TPSA) is 40.2 Å². The fourth-order valence-corrected chi connectivity index (χ4v) is 6.34. The number of fused-ring (bicyclic) bond motifs is 4. The van der Waals surface area contributed by atoms with Gasteiger partial charge in [0.05, 0.1) is 22.7 Å². The highest BCUT2D eigenvalue weighted by molar-refractivity contribution is 7.80. The Morgan fingerprint density at radius 1 is 1.05 bits per heavy atom. The van der Waals surface area contributed by atoms with E-state index < -0.39 is 23.5 Å². The number of rotatable bonds is 5. The average molecular weight is 567 g/mol. The summed E-state index contributed by atoms with van der Waals surface area (Å²) in [7, 11) is 0. The van der Waals surface area contributed by atoms with Crippen LogP contribution < -0.4 is 10.6 Å². The molecule has 0 aliphatic carbocycles. The van der Waals surface area contributed by atoms with E-state index in [1.165, 1.54) is 0 Å². The molecule has 5 unspecified atom stereocenters. The number of pyridine rings is 1. The molecule has 1 aromatic heterocycles. The van der Waals surface area contributed by atoms with Crippen LogP contribution in [0.1, 0.15) is 48.9 Å². The number of hydrogen-bond acceptors (Lipinski definition) is 3. The standard InChI is InChI=1S/C28H28F6N4S/c1-2-16-15-38-10-8-17(16)11-24(38)25(22-7-9-35-23-6-4-3-5-21(22)23)37-26(39)36-20-13-18(27(29,30)31)12-19(14-20)28(32,33)34/h3-7,9,12-14,16-17,24-25H,2,8,10-11,15H2,1H3,(H2,36,37,39). The second-order valence-corrected chi connectivity index (χ2v) is 10.7. The zero-order valence-electron chi connectivity index (χ0n) is 21.1. The fourth-order valence-electron chi connectivity index (χ4n) is 6.09. The molecule has 3 aromatic rings. The van der Waals surface area contributed by atoms with Gasteiger partial charge < -0.3 is 10.6 Å². The number of nitrogens with zero attached hydrogens (tertiary/aromatic N) is 2. The number of benzene rings is 2. The first-order valence-electron chi connectivity index (χ1n) is 12.9. The molecule has 0 radical (unpaired) electrons. The number of halogens is 6. The molecule has 3 saturated heterocycles. The number of nitrogens with one attached hydrogen (secondary N) is 2. The number of anilines is 1. The number of thiocarbonyl (C=S) groups is 1. The van der Waals surface area contributed by atoms with E-state index in [1.54, 1.807) is 6.20 Å². The SMILES string of the molecule is CCC1CN2CCC1CC2C(NC(=S)Nc1cc(C(F)(F)F)cc(C(F)(F)F)c1)c1ccnc2ccccc12. The zero-order valence-corrected chi connectivity index (χ0v) is 21.9. The Balaban J connectivity index is 1.48. The van der Waals surface area contributed by atoms with Crippen LogP contribution in [0.2, 0.25) is 0 Å². The van der Waals surface area contributed by atoms with Crippen LogP contribution in [0.5, 0.6) is 0 Å². The van der Waals surface area contributed by atoms with Crippen molar-refractivity contribution in [3.05, 3.63) is 71.4 Å². The highest BCUT2D eigenvalue weighted by Gasteiger charge is 2.43. The summed E-state index contributed by atoms with van der Waals surface area (Å²) in [5, 5.41) is 6.73. The second kappa shape index (κ2) is 10.6.